The molecule has 0 saturated carbocycles. The minimum Gasteiger partial charge on any atom is -0.454 e. The number of carbonyl (C=O) groups is 2. The Bertz CT molecular complexity index is 849. The smallest absolute Gasteiger partial charge is 0.254 e. The van der Waals surface area contributed by atoms with Crippen LogP contribution in [0.15, 0.2) is 42.5 Å². The topological polar surface area (TPSA) is 67.9 Å². The number of ether oxygens (including phenoxy) is 2. The monoisotopic (exact) mass is 358 g/mol. The number of hydrogen-bond acceptors (Lipinski definition) is 4. The van der Waals surface area contributed by atoms with Gasteiger partial charge in [0, 0.05) is 29.4 Å². The van der Waals surface area contributed by atoms with E-state index in [-0.39, 0.29) is 24.5 Å². The van der Waals surface area contributed by atoms with Crippen molar-refractivity contribution < 1.29 is 19.1 Å². The Labute approximate surface area is 149 Å². The van der Waals surface area contributed by atoms with E-state index >= 15 is 0 Å². The molecule has 1 saturated heterocycles. The maximum Gasteiger partial charge on any atom is 0.254 e. The van der Waals surface area contributed by atoms with E-state index in [0.717, 1.165) is 0 Å². The lowest BCUT2D eigenvalue weighted by Gasteiger charge is -2.38. The van der Waals surface area contributed by atoms with Crippen LogP contribution < -0.4 is 14.8 Å². The molecule has 2 aliphatic rings. The molecule has 4 rings (SSSR count). The quantitative estimate of drug-likeness (QED) is 0.916. The molecule has 0 aliphatic carbocycles. The van der Waals surface area contributed by atoms with Gasteiger partial charge in [-0.3, -0.25) is 9.59 Å². The zero-order valence-corrected chi connectivity index (χ0v) is 14.0. The van der Waals surface area contributed by atoms with Gasteiger partial charge in [-0.25, -0.2) is 0 Å². The molecule has 2 heterocycles. The van der Waals surface area contributed by atoms with Crippen LogP contribution in [0.5, 0.6) is 11.5 Å². The number of nitrogens with zero attached hydrogens (tertiary/aromatic N) is 1. The molecule has 6 nitrogen and oxygen atoms in total. The molecule has 0 spiro atoms. The Morgan fingerprint density at radius 2 is 1.88 bits per heavy atom. The van der Waals surface area contributed by atoms with E-state index in [1.54, 1.807) is 47.4 Å². The average molecular weight is 359 g/mol. The second-order valence-electron chi connectivity index (χ2n) is 5.97. The van der Waals surface area contributed by atoms with Crippen molar-refractivity contribution in [2.24, 2.45) is 5.92 Å². The van der Waals surface area contributed by atoms with E-state index < -0.39 is 0 Å². The van der Waals surface area contributed by atoms with Crippen LogP contribution >= 0.6 is 11.6 Å². The minimum atomic E-state index is -0.225. The number of amides is 2. The number of anilines is 1. The summed E-state index contributed by atoms with van der Waals surface area (Å²) in [6.07, 6.45) is 0. The summed E-state index contributed by atoms with van der Waals surface area (Å²) in [5, 5.41) is 3.38. The van der Waals surface area contributed by atoms with Crippen molar-refractivity contribution in [1.82, 2.24) is 4.90 Å². The largest absolute Gasteiger partial charge is 0.454 e. The molecule has 1 fully saturated rings. The number of hydrogen-bond donors (Lipinski definition) is 1. The van der Waals surface area contributed by atoms with Gasteiger partial charge in [-0.15, -0.1) is 0 Å². The highest BCUT2D eigenvalue weighted by atomic mass is 35.5. The van der Waals surface area contributed by atoms with Gasteiger partial charge in [0.1, 0.15) is 0 Å². The molecule has 0 unspecified atom stereocenters. The van der Waals surface area contributed by atoms with Crippen LogP contribution in [0.1, 0.15) is 10.4 Å². The SMILES string of the molecule is O=C(Nc1cccc(Cl)c1)C1CN(C(=O)c2ccc3c(c2)OCO3)C1. The fourth-order valence-corrected chi connectivity index (χ4v) is 3.02. The molecular formula is C18H15ClN2O4. The first kappa shape index (κ1) is 15.8. The van der Waals surface area contributed by atoms with E-state index in [9.17, 15) is 9.59 Å². The molecule has 2 aromatic carbocycles. The molecule has 1 N–H and O–H groups in total. The lowest BCUT2D eigenvalue weighted by atomic mass is 9.97. The number of nitrogens with one attached hydrogen (secondary N) is 1. The Balaban J connectivity index is 1.35. The molecule has 2 aromatic rings. The summed E-state index contributed by atoms with van der Waals surface area (Å²) in [6, 6.07) is 12.1. The number of fused-ring (bicyclic) bond motifs is 1. The van der Waals surface area contributed by atoms with Gasteiger partial charge >= 0.3 is 0 Å². The van der Waals surface area contributed by atoms with Gasteiger partial charge in [-0.2, -0.15) is 0 Å². The molecule has 7 heteroatoms. The Morgan fingerprint density at radius 3 is 2.68 bits per heavy atom. The Kier molecular flexibility index (Phi) is 3.97. The van der Waals surface area contributed by atoms with Crippen molar-refractivity contribution in [2.75, 3.05) is 25.2 Å². The summed E-state index contributed by atoms with van der Waals surface area (Å²) in [7, 11) is 0. The average Bonchev–Trinajstić information content (AvgIpc) is 3.00. The Hall–Kier alpha value is -2.73. The molecule has 25 heavy (non-hydrogen) atoms. The van der Waals surface area contributed by atoms with Gasteiger partial charge in [-0.1, -0.05) is 17.7 Å². The van der Waals surface area contributed by atoms with Crippen molar-refractivity contribution in [3.8, 4) is 11.5 Å². The third kappa shape index (κ3) is 3.13. The highest BCUT2D eigenvalue weighted by molar-refractivity contribution is 6.30. The van der Waals surface area contributed by atoms with Crippen LogP contribution in [0, 0.1) is 5.92 Å². The molecule has 128 valence electrons. The first-order chi connectivity index (χ1) is 12.1. The molecule has 0 aromatic heterocycles. The number of carbonyl (C=O) groups excluding carboxylic acids is 2. The first-order valence-electron chi connectivity index (χ1n) is 7.85. The van der Waals surface area contributed by atoms with E-state index in [1.165, 1.54) is 0 Å². The van der Waals surface area contributed by atoms with Gasteiger partial charge in [0.15, 0.2) is 11.5 Å². The van der Waals surface area contributed by atoms with Gasteiger partial charge in [-0.05, 0) is 36.4 Å². The first-order valence-corrected chi connectivity index (χ1v) is 8.23. The molecule has 0 bridgehead atoms. The second kappa shape index (κ2) is 6.29. The van der Waals surface area contributed by atoms with Crippen LogP contribution in [0.3, 0.4) is 0 Å². The summed E-state index contributed by atoms with van der Waals surface area (Å²) >= 11 is 5.91. The van der Waals surface area contributed by atoms with Crippen LogP contribution in [-0.2, 0) is 4.79 Å². The zero-order valence-electron chi connectivity index (χ0n) is 13.2. The standard InChI is InChI=1S/C18H15ClN2O4/c19-13-2-1-3-14(7-13)20-17(22)12-8-21(9-12)18(23)11-4-5-15-16(6-11)25-10-24-15/h1-7,12H,8-10H2,(H,20,22). The van der Waals surface area contributed by atoms with Gasteiger partial charge in [0.05, 0.1) is 5.92 Å². The van der Waals surface area contributed by atoms with Crippen LogP contribution in [0.2, 0.25) is 5.02 Å². The number of likely N-dealkylation sites (tertiary alicyclic amines) is 1. The predicted octanol–water partition coefficient (Wildman–Crippen LogP) is 2.78. The predicted molar refractivity (Wildman–Crippen MR) is 92.0 cm³/mol. The third-order valence-corrected chi connectivity index (χ3v) is 4.49. The highest BCUT2D eigenvalue weighted by Crippen LogP contribution is 2.33. The maximum absolute atomic E-state index is 12.5. The van der Waals surface area contributed by atoms with Crippen molar-refractivity contribution in [3.63, 3.8) is 0 Å². The summed E-state index contributed by atoms with van der Waals surface area (Å²) in [6.45, 7) is 0.946. The normalized spacial score (nSPS) is 15.6. The molecule has 2 aliphatic heterocycles. The number of rotatable bonds is 3. The van der Waals surface area contributed by atoms with Gasteiger partial charge in [0.25, 0.3) is 5.91 Å². The highest BCUT2D eigenvalue weighted by Gasteiger charge is 2.36. The Morgan fingerprint density at radius 1 is 1.08 bits per heavy atom. The molecule has 2 amide bonds. The summed E-state index contributed by atoms with van der Waals surface area (Å²) < 4.78 is 10.5. The number of benzene rings is 2. The van der Waals surface area contributed by atoms with Crippen LogP contribution in [0.25, 0.3) is 0 Å². The maximum atomic E-state index is 12.5. The van der Waals surface area contributed by atoms with Crippen molar-refractivity contribution in [3.05, 3.63) is 53.1 Å². The van der Waals surface area contributed by atoms with E-state index in [4.69, 9.17) is 21.1 Å². The second-order valence-corrected chi connectivity index (χ2v) is 6.41. The van der Waals surface area contributed by atoms with Crippen molar-refractivity contribution >= 4 is 29.1 Å². The van der Waals surface area contributed by atoms with Crippen LogP contribution in [0.4, 0.5) is 5.69 Å². The summed E-state index contributed by atoms with van der Waals surface area (Å²) in [5.74, 6) is 0.750. The molecule has 0 atom stereocenters. The van der Waals surface area contributed by atoms with Crippen molar-refractivity contribution in [1.29, 1.82) is 0 Å². The van der Waals surface area contributed by atoms with Crippen LogP contribution in [-0.4, -0.2) is 36.6 Å². The fourth-order valence-electron chi connectivity index (χ4n) is 2.83. The van der Waals surface area contributed by atoms with Gasteiger partial charge in [0.2, 0.25) is 12.7 Å². The van der Waals surface area contributed by atoms with E-state index in [2.05, 4.69) is 5.32 Å². The zero-order chi connectivity index (χ0) is 17.4. The van der Waals surface area contributed by atoms with E-state index in [1.807, 2.05) is 0 Å². The number of halogens is 1. The lowest BCUT2D eigenvalue weighted by Crippen LogP contribution is -2.54. The summed E-state index contributed by atoms with van der Waals surface area (Å²) in [4.78, 5) is 26.4. The summed E-state index contributed by atoms with van der Waals surface area (Å²) in [5.41, 5.74) is 1.18. The minimum absolute atomic E-state index is 0.114. The fraction of sp³-hybridized carbons (Fsp3) is 0.222. The lowest BCUT2D eigenvalue weighted by molar-refractivity contribution is -0.123. The molecule has 0 radical (unpaired) electrons. The van der Waals surface area contributed by atoms with Crippen molar-refractivity contribution in [2.45, 2.75) is 0 Å². The van der Waals surface area contributed by atoms with Gasteiger partial charge < -0.3 is 19.7 Å². The van der Waals surface area contributed by atoms with E-state index in [0.29, 0.717) is 40.9 Å². The molecular weight excluding hydrogens is 344 g/mol. The third-order valence-electron chi connectivity index (χ3n) is 4.25.